The third-order valence-corrected chi connectivity index (χ3v) is 7.42. The third kappa shape index (κ3) is 7.07. The zero-order valence-electron chi connectivity index (χ0n) is 25.3. The van der Waals surface area contributed by atoms with Crippen LogP contribution in [0.3, 0.4) is 0 Å². The smallest absolute Gasteiger partial charge is 0.307 e. The molecule has 0 bridgehead atoms. The van der Waals surface area contributed by atoms with E-state index in [0.717, 1.165) is 53.7 Å². The normalized spacial score (nSPS) is 11.0. The van der Waals surface area contributed by atoms with E-state index in [-0.39, 0.29) is 17.5 Å². The molecule has 0 aliphatic carbocycles. The maximum atomic E-state index is 14.0. The van der Waals surface area contributed by atoms with Gasteiger partial charge in [0.15, 0.2) is 0 Å². The lowest BCUT2D eigenvalue weighted by Gasteiger charge is -2.26. The van der Waals surface area contributed by atoms with Crippen molar-refractivity contribution in [2.24, 2.45) is 0 Å². The minimum absolute atomic E-state index is 0.224. The SMILES string of the molecule is CCCCN(C(=O)Nc1ccccc1C(C)C)c1c(-c2cccc(C#CCN(CC)CC)c2)c2cccnc2[nH]c1=O. The highest BCUT2D eigenvalue weighted by molar-refractivity contribution is 6.08. The van der Waals surface area contributed by atoms with Gasteiger partial charge >= 0.3 is 6.03 Å². The number of nitrogens with zero attached hydrogens (tertiary/aromatic N) is 3. The van der Waals surface area contributed by atoms with Gasteiger partial charge in [-0.05, 0) is 66.9 Å². The van der Waals surface area contributed by atoms with Crippen LogP contribution >= 0.6 is 0 Å². The number of nitrogens with one attached hydrogen (secondary N) is 2. The Labute approximate surface area is 249 Å². The maximum absolute atomic E-state index is 14.0. The number of anilines is 2. The molecule has 0 aliphatic heterocycles. The molecule has 42 heavy (non-hydrogen) atoms. The first kappa shape index (κ1) is 30.5. The molecule has 2 amide bonds. The average Bonchev–Trinajstić information content (AvgIpc) is 3.00. The van der Waals surface area contributed by atoms with E-state index < -0.39 is 0 Å². The molecule has 2 heterocycles. The number of pyridine rings is 2. The highest BCUT2D eigenvalue weighted by Gasteiger charge is 2.26. The van der Waals surface area contributed by atoms with Crippen LogP contribution in [0.25, 0.3) is 22.2 Å². The molecular formula is C35H41N5O2. The molecule has 0 atom stereocenters. The molecular weight excluding hydrogens is 522 g/mol. The van der Waals surface area contributed by atoms with Crippen molar-refractivity contribution in [1.29, 1.82) is 0 Å². The fourth-order valence-corrected chi connectivity index (χ4v) is 5.05. The molecule has 0 saturated carbocycles. The van der Waals surface area contributed by atoms with Gasteiger partial charge in [0, 0.05) is 34.9 Å². The van der Waals surface area contributed by atoms with Crippen LogP contribution in [0.2, 0.25) is 0 Å². The van der Waals surface area contributed by atoms with Gasteiger partial charge in [0.2, 0.25) is 0 Å². The van der Waals surface area contributed by atoms with E-state index in [1.807, 2.05) is 60.7 Å². The van der Waals surface area contributed by atoms with Crippen LogP contribution in [0, 0.1) is 11.8 Å². The summed E-state index contributed by atoms with van der Waals surface area (Å²) in [6.07, 6.45) is 3.26. The second-order valence-electron chi connectivity index (χ2n) is 10.6. The number of rotatable bonds is 10. The Balaban J connectivity index is 1.86. The number of hydrogen-bond acceptors (Lipinski definition) is 4. The molecule has 218 valence electrons. The Hall–Kier alpha value is -4.41. The largest absolute Gasteiger partial charge is 0.326 e. The predicted octanol–water partition coefficient (Wildman–Crippen LogP) is 7.25. The minimum atomic E-state index is -0.363. The molecule has 0 aliphatic rings. The number of urea groups is 1. The van der Waals surface area contributed by atoms with Crippen LogP contribution in [0.5, 0.6) is 0 Å². The van der Waals surface area contributed by atoms with Gasteiger partial charge in [-0.15, -0.1) is 0 Å². The van der Waals surface area contributed by atoms with Crippen LogP contribution in [-0.2, 0) is 0 Å². The number of carbonyl (C=O) groups is 1. The van der Waals surface area contributed by atoms with E-state index in [2.05, 4.69) is 66.6 Å². The number of carbonyl (C=O) groups excluding carboxylic acids is 1. The summed E-state index contributed by atoms with van der Waals surface area (Å²) < 4.78 is 0. The highest BCUT2D eigenvalue weighted by atomic mass is 16.2. The Morgan fingerprint density at radius 1 is 1.02 bits per heavy atom. The molecule has 7 nitrogen and oxygen atoms in total. The van der Waals surface area contributed by atoms with Crippen LogP contribution in [0.4, 0.5) is 16.2 Å². The number of unbranched alkanes of at least 4 members (excludes halogenated alkanes) is 1. The summed E-state index contributed by atoms with van der Waals surface area (Å²) in [4.78, 5) is 39.0. The molecule has 0 radical (unpaired) electrons. The number of hydrogen-bond donors (Lipinski definition) is 2. The molecule has 4 rings (SSSR count). The number of aromatic nitrogens is 2. The Morgan fingerprint density at radius 3 is 2.55 bits per heavy atom. The van der Waals surface area contributed by atoms with E-state index in [1.165, 1.54) is 0 Å². The lowest BCUT2D eigenvalue weighted by Crippen LogP contribution is -2.40. The fraction of sp³-hybridized carbons (Fsp3) is 0.343. The van der Waals surface area contributed by atoms with Crippen molar-refractivity contribution in [3.05, 3.63) is 88.3 Å². The lowest BCUT2D eigenvalue weighted by molar-refractivity contribution is 0.256. The van der Waals surface area contributed by atoms with Gasteiger partial charge in [-0.25, -0.2) is 9.78 Å². The Bertz CT molecular complexity index is 1640. The van der Waals surface area contributed by atoms with E-state index in [9.17, 15) is 9.59 Å². The summed E-state index contributed by atoms with van der Waals surface area (Å²) in [5, 5.41) is 3.87. The van der Waals surface area contributed by atoms with Gasteiger partial charge in [-0.1, -0.05) is 83.2 Å². The maximum Gasteiger partial charge on any atom is 0.326 e. The fourth-order valence-electron chi connectivity index (χ4n) is 5.05. The number of aromatic amines is 1. The first-order chi connectivity index (χ1) is 20.4. The number of amides is 2. The summed E-state index contributed by atoms with van der Waals surface area (Å²) >= 11 is 0. The van der Waals surface area contributed by atoms with Crippen molar-refractivity contribution in [1.82, 2.24) is 14.9 Å². The van der Waals surface area contributed by atoms with Crippen LogP contribution in [0.15, 0.2) is 71.7 Å². The molecule has 7 heteroatoms. The number of para-hydroxylation sites is 1. The first-order valence-electron chi connectivity index (χ1n) is 14.9. The van der Waals surface area contributed by atoms with Crippen molar-refractivity contribution in [3.63, 3.8) is 0 Å². The molecule has 4 aromatic rings. The quantitative estimate of drug-likeness (QED) is 0.199. The second-order valence-corrected chi connectivity index (χ2v) is 10.6. The van der Waals surface area contributed by atoms with Crippen LogP contribution in [-0.4, -0.2) is 47.1 Å². The van der Waals surface area contributed by atoms with Gasteiger partial charge in [-0.3, -0.25) is 14.6 Å². The van der Waals surface area contributed by atoms with Crippen LogP contribution < -0.4 is 15.8 Å². The van der Waals surface area contributed by atoms with Crippen molar-refractivity contribution in [3.8, 4) is 23.0 Å². The Morgan fingerprint density at radius 2 is 1.81 bits per heavy atom. The molecule has 2 aromatic heterocycles. The van der Waals surface area contributed by atoms with Crippen molar-refractivity contribution in [2.45, 2.75) is 53.4 Å². The topological polar surface area (TPSA) is 81.3 Å². The first-order valence-corrected chi connectivity index (χ1v) is 14.9. The summed E-state index contributed by atoms with van der Waals surface area (Å²) in [5.74, 6) is 6.79. The van der Waals surface area contributed by atoms with Crippen LogP contribution in [0.1, 0.15) is 64.5 Å². The monoisotopic (exact) mass is 563 g/mol. The second kappa shape index (κ2) is 14.5. The van der Waals surface area contributed by atoms with Gasteiger partial charge in [-0.2, -0.15) is 0 Å². The standard InChI is InChI=1S/C35H41N5O2/c1-6-9-23-40(35(42)37-30-20-11-10-18-28(30)25(4)5)32-31(29-19-13-21-36-33(29)38-34(32)41)27-17-12-15-26(24-27)16-14-22-39(7-2)8-3/h10-13,15,17-21,24-25H,6-9,22-23H2,1-5H3,(H,37,42)(H,36,38,41). The van der Waals surface area contributed by atoms with E-state index in [4.69, 9.17) is 0 Å². The zero-order valence-corrected chi connectivity index (χ0v) is 25.3. The molecule has 0 saturated heterocycles. The number of H-pyrrole nitrogens is 1. The number of fused-ring (bicyclic) bond motifs is 1. The number of benzene rings is 2. The highest BCUT2D eigenvalue weighted by Crippen LogP contribution is 2.35. The molecule has 0 spiro atoms. The van der Waals surface area contributed by atoms with Gasteiger partial charge in [0.05, 0.1) is 6.54 Å². The third-order valence-electron chi connectivity index (χ3n) is 7.42. The summed E-state index contributed by atoms with van der Waals surface area (Å²) in [6.45, 7) is 13.5. The average molecular weight is 564 g/mol. The summed E-state index contributed by atoms with van der Waals surface area (Å²) in [7, 11) is 0. The van der Waals surface area contributed by atoms with E-state index in [1.54, 1.807) is 11.1 Å². The molecule has 0 unspecified atom stereocenters. The predicted molar refractivity (Wildman–Crippen MR) is 174 cm³/mol. The van der Waals surface area contributed by atoms with E-state index >= 15 is 0 Å². The zero-order chi connectivity index (χ0) is 30.1. The molecule has 2 N–H and O–H groups in total. The van der Waals surface area contributed by atoms with Gasteiger partial charge in [0.25, 0.3) is 5.56 Å². The van der Waals surface area contributed by atoms with Gasteiger partial charge < -0.3 is 10.3 Å². The van der Waals surface area contributed by atoms with Crippen molar-refractivity contribution < 1.29 is 4.79 Å². The summed E-state index contributed by atoms with van der Waals surface area (Å²) in [5.41, 5.74) is 4.50. The van der Waals surface area contributed by atoms with Gasteiger partial charge in [0.1, 0.15) is 11.3 Å². The molecule has 0 fully saturated rings. The summed E-state index contributed by atoms with van der Waals surface area (Å²) in [6, 6.07) is 19.1. The Kier molecular flexibility index (Phi) is 10.5. The van der Waals surface area contributed by atoms with Crippen molar-refractivity contribution in [2.75, 3.05) is 36.4 Å². The molecule has 2 aromatic carbocycles. The lowest BCUT2D eigenvalue weighted by atomic mass is 9.98. The van der Waals surface area contributed by atoms with Crippen molar-refractivity contribution >= 4 is 28.4 Å². The van der Waals surface area contributed by atoms with E-state index in [0.29, 0.717) is 30.0 Å². The minimum Gasteiger partial charge on any atom is -0.307 e.